The Morgan fingerprint density at radius 1 is 1.20 bits per heavy atom. The summed E-state index contributed by atoms with van der Waals surface area (Å²) in [6.45, 7) is 2.69. The molecule has 0 aromatic heterocycles. The van der Waals surface area contributed by atoms with E-state index >= 15 is 0 Å². The number of likely N-dealkylation sites (N-methyl/N-ethyl adjacent to an activating group) is 1. The summed E-state index contributed by atoms with van der Waals surface area (Å²) in [5.41, 5.74) is 0.349. The smallest absolute Gasteiger partial charge is 0.259 e. The number of ether oxygens (including phenoxy) is 1. The van der Waals surface area contributed by atoms with E-state index in [2.05, 4.69) is 0 Å². The van der Waals surface area contributed by atoms with E-state index in [-0.39, 0.29) is 18.3 Å². The van der Waals surface area contributed by atoms with Crippen molar-refractivity contribution in [2.45, 2.75) is 44.6 Å². The zero-order valence-corrected chi connectivity index (χ0v) is 13.1. The lowest BCUT2D eigenvalue weighted by Crippen LogP contribution is -2.51. The summed E-state index contributed by atoms with van der Waals surface area (Å²) in [6, 6.07) is 9.85. The third-order valence-corrected chi connectivity index (χ3v) is 4.07. The van der Waals surface area contributed by atoms with Gasteiger partial charge in [0.25, 0.3) is 5.91 Å². The van der Waals surface area contributed by atoms with Gasteiger partial charge in [-0.15, -0.1) is 12.4 Å². The largest absolute Gasteiger partial charge is 0.368 e. The summed E-state index contributed by atoms with van der Waals surface area (Å²) in [6.07, 6.45) is 5.03. The molecule has 1 aromatic carbocycles. The van der Waals surface area contributed by atoms with E-state index < -0.39 is 5.60 Å². The summed E-state index contributed by atoms with van der Waals surface area (Å²) in [5.74, 6) is 0.114. The first kappa shape index (κ1) is 17.0. The van der Waals surface area contributed by atoms with Crippen LogP contribution < -0.4 is 4.90 Å². The van der Waals surface area contributed by atoms with Crippen LogP contribution in [0.25, 0.3) is 0 Å². The summed E-state index contributed by atoms with van der Waals surface area (Å²) in [7, 11) is 1.67. The molecule has 0 unspecified atom stereocenters. The first-order valence-corrected chi connectivity index (χ1v) is 7.15. The highest BCUT2D eigenvalue weighted by atomic mass is 35.5. The van der Waals surface area contributed by atoms with Gasteiger partial charge in [-0.3, -0.25) is 4.79 Å². The van der Waals surface area contributed by atoms with Gasteiger partial charge in [0, 0.05) is 19.3 Å². The third-order valence-electron chi connectivity index (χ3n) is 4.07. The van der Waals surface area contributed by atoms with Crippen molar-refractivity contribution in [2.75, 3.05) is 18.6 Å². The number of hydrogen-bond acceptors (Lipinski definition) is 2. The molecule has 0 heterocycles. The number of para-hydroxylation sites is 1. The first-order valence-electron chi connectivity index (χ1n) is 7.15. The number of rotatable bonds is 4. The van der Waals surface area contributed by atoms with E-state index in [0.29, 0.717) is 6.54 Å². The maximum absolute atomic E-state index is 12.9. The van der Waals surface area contributed by atoms with Crippen LogP contribution in [0, 0.1) is 0 Å². The molecule has 1 aromatic rings. The number of halogens is 1. The van der Waals surface area contributed by atoms with E-state index in [9.17, 15) is 4.79 Å². The van der Waals surface area contributed by atoms with E-state index in [4.69, 9.17) is 4.74 Å². The summed E-state index contributed by atoms with van der Waals surface area (Å²) >= 11 is 0. The monoisotopic (exact) mass is 297 g/mol. The Hall–Kier alpha value is -1.06. The summed E-state index contributed by atoms with van der Waals surface area (Å²) < 4.78 is 5.65. The normalized spacial score (nSPS) is 17.1. The van der Waals surface area contributed by atoms with Gasteiger partial charge in [0.1, 0.15) is 5.60 Å². The van der Waals surface area contributed by atoms with E-state index in [0.717, 1.165) is 31.4 Å². The highest BCUT2D eigenvalue weighted by molar-refractivity contribution is 5.99. The minimum atomic E-state index is -0.607. The lowest BCUT2D eigenvalue weighted by atomic mass is 9.83. The van der Waals surface area contributed by atoms with Gasteiger partial charge in [-0.05, 0) is 31.9 Å². The van der Waals surface area contributed by atoms with Gasteiger partial charge in [-0.25, -0.2) is 0 Å². The maximum atomic E-state index is 12.9. The molecule has 0 aliphatic heterocycles. The van der Waals surface area contributed by atoms with Crippen LogP contribution >= 0.6 is 12.4 Å². The standard InChI is InChI=1S/C16H23NO2.ClH/c1-3-17(14-10-6-4-7-11-14)15(18)16(19-2)12-8-5-9-13-16;/h4,6-7,10-11H,3,5,8-9,12-13H2,1-2H3;1H. The second-order valence-corrected chi connectivity index (χ2v) is 5.14. The average Bonchev–Trinajstić information content (AvgIpc) is 2.49. The highest BCUT2D eigenvalue weighted by Gasteiger charge is 2.42. The molecule has 1 amide bonds. The molecule has 0 atom stereocenters. The Balaban J connectivity index is 0.00000200. The molecule has 0 saturated heterocycles. The summed E-state index contributed by atoms with van der Waals surface area (Å²) in [5, 5.41) is 0. The molecule has 1 fully saturated rings. The van der Waals surface area contributed by atoms with Crippen molar-refractivity contribution in [1.29, 1.82) is 0 Å². The van der Waals surface area contributed by atoms with Gasteiger partial charge in [0.2, 0.25) is 0 Å². The summed E-state index contributed by atoms with van der Waals surface area (Å²) in [4.78, 5) is 14.7. The minimum Gasteiger partial charge on any atom is -0.368 e. The van der Waals surface area contributed by atoms with E-state index in [1.54, 1.807) is 7.11 Å². The molecule has 4 heteroatoms. The number of carbonyl (C=O) groups excluding carboxylic acids is 1. The van der Waals surface area contributed by atoms with E-state index in [1.165, 1.54) is 6.42 Å². The number of hydrogen-bond donors (Lipinski definition) is 0. The molecule has 1 aliphatic rings. The van der Waals surface area contributed by atoms with Crippen molar-refractivity contribution in [2.24, 2.45) is 0 Å². The Morgan fingerprint density at radius 2 is 1.80 bits per heavy atom. The average molecular weight is 298 g/mol. The van der Waals surface area contributed by atoms with Crippen molar-refractivity contribution < 1.29 is 9.53 Å². The van der Waals surface area contributed by atoms with Gasteiger partial charge < -0.3 is 9.64 Å². The molecular formula is C16H24ClNO2. The van der Waals surface area contributed by atoms with Gasteiger partial charge >= 0.3 is 0 Å². The highest BCUT2D eigenvalue weighted by Crippen LogP contribution is 2.34. The third kappa shape index (κ3) is 3.33. The fourth-order valence-electron chi connectivity index (χ4n) is 2.93. The SMILES string of the molecule is CCN(C(=O)C1(OC)CCCCC1)c1ccccc1.Cl. The lowest BCUT2D eigenvalue weighted by Gasteiger charge is -2.38. The van der Waals surface area contributed by atoms with Gasteiger partial charge in [0.05, 0.1) is 0 Å². The topological polar surface area (TPSA) is 29.5 Å². The predicted octanol–water partition coefficient (Wildman–Crippen LogP) is 3.81. The predicted molar refractivity (Wildman–Crippen MR) is 84.5 cm³/mol. The molecule has 1 aliphatic carbocycles. The molecule has 0 radical (unpaired) electrons. The second kappa shape index (κ2) is 7.65. The van der Waals surface area contributed by atoms with Gasteiger partial charge in [-0.1, -0.05) is 37.5 Å². The van der Waals surface area contributed by atoms with Crippen LogP contribution in [0.3, 0.4) is 0 Å². The molecule has 20 heavy (non-hydrogen) atoms. The Kier molecular flexibility index (Phi) is 6.50. The maximum Gasteiger partial charge on any atom is 0.259 e. The number of carbonyl (C=O) groups is 1. The van der Waals surface area contributed by atoms with E-state index in [1.807, 2.05) is 42.2 Å². The number of amides is 1. The zero-order chi connectivity index (χ0) is 13.7. The molecule has 0 bridgehead atoms. The van der Waals surface area contributed by atoms with Crippen LogP contribution in [0.2, 0.25) is 0 Å². The van der Waals surface area contributed by atoms with Crippen molar-refractivity contribution in [1.82, 2.24) is 0 Å². The van der Waals surface area contributed by atoms with Gasteiger partial charge in [-0.2, -0.15) is 0 Å². The van der Waals surface area contributed by atoms with Crippen molar-refractivity contribution in [3.63, 3.8) is 0 Å². The lowest BCUT2D eigenvalue weighted by molar-refractivity contribution is -0.144. The van der Waals surface area contributed by atoms with Crippen LogP contribution in [-0.4, -0.2) is 25.2 Å². The van der Waals surface area contributed by atoms with Crippen LogP contribution in [-0.2, 0) is 9.53 Å². The Bertz CT molecular complexity index is 416. The zero-order valence-electron chi connectivity index (χ0n) is 12.3. The number of anilines is 1. The number of nitrogens with zero attached hydrogens (tertiary/aromatic N) is 1. The van der Waals surface area contributed by atoms with Crippen molar-refractivity contribution in [3.05, 3.63) is 30.3 Å². The molecule has 0 N–H and O–H groups in total. The van der Waals surface area contributed by atoms with Crippen LogP contribution in [0.5, 0.6) is 0 Å². The van der Waals surface area contributed by atoms with Gasteiger partial charge in [0.15, 0.2) is 0 Å². The fraction of sp³-hybridized carbons (Fsp3) is 0.562. The van der Waals surface area contributed by atoms with Crippen molar-refractivity contribution >= 4 is 24.0 Å². The molecular weight excluding hydrogens is 274 g/mol. The fourth-order valence-corrected chi connectivity index (χ4v) is 2.93. The van der Waals surface area contributed by atoms with Crippen LogP contribution in [0.15, 0.2) is 30.3 Å². The number of benzene rings is 1. The number of methoxy groups -OCH3 is 1. The van der Waals surface area contributed by atoms with Crippen LogP contribution in [0.4, 0.5) is 5.69 Å². The Morgan fingerprint density at radius 3 is 2.30 bits per heavy atom. The molecule has 1 saturated carbocycles. The van der Waals surface area contributed by atoms with Crippen molar-refractivity contribution in [3.8, 4) is 0 Å². The first-order chi connectivity index (χ1) is 9.23. The molecule has 3 nitrogen and oxygen atoms in total. The van der Waals surface area contributed by atoms with Crippen LogP contribution in [0.1, 0.15) is 39.0 Å². The quantitative estimate of drug-likeness (QED) is 0.846. The molecule has 2 rings (SSSR count). The second-order valence-electron chi connectivity index (χ2n) is 5.14. The Labute approximate surface area is 127 Å². The minimum absolute atomic E-state index is 0. The molecule has 0 spiro atoms. The molecule has 112 valence electrons.